The van der Waals surface area contributed by atoms with Crippen LogP contribution < -0.4 is 0 Å². The monoisotopic (exact) mass is 208 g/mol. The Balaban J connectivity index is 2.78. The molecule has 0 saturated carbocycles. The fraction of sp³-hybridized carbons (Fsp3) is 0.333. The molecule has 1 rings (SSSR count). The smallest absolute Gasteiger partial charge is 0.0762 e. The van der Waals surface area contributed by atoms with E-state index in [1.165, 1.54) is 4.90 Å². The van der Waals surface area contributed by atoms with Crippen molar-refractivity contribution in [1.29, 1.82) is 0 Å². The fourth-order valence-corrected chi connectivity index (χ4v) is 2.00. The molecule has 0 aliphatic rings. The Bertz CT molecular complexity index is 307. The third-order valence-corrected chi connectivity index (χ3v) is 3.08. The van der Waals surface area contributed by atoms with Crippen LogP contribution >= 0.6 is 11.8 Å². The molecule has 0 bridgehead atoms. The normalized spacial score (nSPS) is 14.8. The Morgan fingerprint density at radius 2 is 2.14 bits per heavy atom. The van der Waals surface area contributed by atoms with Crippen molar-refractivity contribution in [1.82, 2.24) is 0 Å². The van der Waals surface area contributed by atoms with Crippen LogP contribution in [-0.2, 0) is 0 Å². The minimum Gasteiger partial charge on any atom is -0.389 e. The fourth-order valence-electron chi connectivity index (χ4n) is 1.11. The van der Waals surface area contributed by atoms with Crippen molar-refractivity contribution >= 4 is 11.8 Å². The molecule has 0 aromatic heterocycles. The summed E-state index contributed by atoms with van der Waals surface area (Å²) in [5, 5.41) is 9.81. The zero-order valence-corrected chi connectivity index (χ0v) is 9.42. The van der Waals surface area contributed by atoms with Gasteiger partial charge in [-0.1, -0.05) is 18.2 Å². The molecule has 0 radical (unpaired) electrons. The van der Waals surface area contributed by atoms with Crippen molar-refractivity contribution in [2.45, 2.75) is 30.1 Å². The summed E-state index contributed by atoms with van der Waals surface area (Å²) in [5.74, 6) is 0. The van der Waals surface area contributed by atoms with Crippen LogP contribution in [0.5, 0.6) is 0 Å². The first-order valence-electron chi connectivity index (χ1n) is 4.70. The molecule has 76 valence electrons. The molecule has 1 aromatic rings. The largest absolute Gasteiger partial charge is 0.389 e. The average molecular weight is 208 g/mol. The molecule has 0 spiro atoms. The molecule has 14 heavy (non-hydrogen) atoms. The molecular formula is C12H16OS. The quantitative estimate of drug-likeness (QED) is 0.604. The Hall–Kier alpha value is -0.730. The summed E-state index contributed by atoms with van der Waals surface area (Å²) in [6.07, 6.45) is 1.52. The van der Waals surface area contributed by atoms with Gasteiger partial charge in [0.25, 0.3) is 0 Å². The summed E-state index contributed by atoms with van der Waals surface area (Å²) in [4.78, 5) is 1.18. The van der Waals surface area contributed by atoms with Crippen LogP contribution in [0.3, 0.4) is 0 Å². The number of hydrogen-bond acceptors (Lipinski definition) is 2. The van der Waals surface area contributed by atoms with Gasteiger partial charge in [-0.25, -0.2) is 0 Å². The van der Waals surface area contributed by atoms with Crippen molar-refractivity contribution in [3.63, 3.8) is 0 Å². The van der Waals surface area contributed by atoms with Gasteiger partial charge in [-0.2, -0.15) is 0 Å². The van der Waals surface area contributed by atoms with Crippen molar-refractivity contribution in [2.75, 3.05) is 0 Å². The molecule has 0 aliphatic carbocycles. The van der Waals surface area contributed by atoms with Crippen molar-refractivity contribution < 1.29 is 5.11 Å². The number of aliphatic hydroxyl groups is 1. The highest BCUT2D eigenvalue weighted by atomic mass is 32.2. The predicted molar refractivity (Wildman–Crippen MR) is 62.6 cm³/mol. The van der Waals surface area contributed by atoms with Gasteiger partial charge in [-0.3, -0.25) is 0 Å². The minimum absolute atomic E-state index is 0.394. The van der Waals surface area contributed by atoms with E-state index in [1.54, 1.807) is 18.7 Å². The van der Waals surface area contributed by atoms with Crippen LogP contribution in [0.1, 0.15) is 25.5 Å². The average Bonchev–Trinajstić information content (AvgIpc) is 2.18. The summed E-state index contributed by atoms with van der Waals surface area (Å²) in [6, 6.07) is 7.99. The highest BCUT2D eigenvalue weighted by Crippen LogP contribution is 2.26. The van der Waals surface area contributed by atoms with Crippen LogP contribution in [0.25, 0.3) is 0 Å². The van der Waals surface area contributed by atoms with Crippen molar-refractivity contribution in [2.24, 2.45) is 0 Å². The predicted octanol–water partition coefficient (Wildman–Crippen LogP) is 3.41. The summed E-state index contributed by atoms with van der Waals surface area (Å²) in [5.41, 5.74) is 0.964. The standard InChI is InChI=1S/C12H16OS/c1-4-9(2)14-12-7-5-6-11(8-12)10(3)13/h4-10,13H,1H2,2-3H3. The van der Waals surface area contributed by atoms with Crippen LogP contribution in [0.4, 0.5) is 0 Å². The Labute approximate surface area is 89.8 Å². The van der Waals surface area contributed by atoms with Crippen LogP contribution in [-0.4, -0.2) is 10.4 Å². The van der Waals surface area contributed by atoms with E-state index in [9.17, 15) is 5.11 Å². The lowest BCUT2D eigenvalue weighted by molar-refractivity contribution is 0.199. The van der Waals surface area contributed by atoms with E-state index in [1.807, 2.05) is 24.3 Å². The minimum atomic E-state index is -0.394. The van der Waals surface area contributed by atoms with Crippen LogP contribution in [0, 0.1) is 0 Å². The summed E-state index contributed by atoms with van der Waals surface area (Å²) in [6.45, 7) is 7.63. The van der Waals surface area contributed by atoms with E-state index in [0.717, 1.165) is 5.56 Å². The van der Waals surface area contributed by atoms with Gasteiger partial charge in [0, 0.05) is 10.1 Å². The number of thioether (sulfide) groups is 1. The maximum Gasteiger partial charge on any atom is 0.0762 e. The van der Waals surface area contributed by atoms with Crippen LogP contribution in [0.2, 0.25) is 0 Å². The molecule has 0 fully saturated rings. The molecule has 0 amide bonds. The highest BCUT2D eigenvalue weighted by Gasteiger charge is 2.03. The van der Waals surface area contributed by atoms with Gasteiger partial charge in [-0.05, 0) is 31.5 Å². The molecule has 1 N–H and O–H groups in total. The van der Waals surface area contributed by atoms with Gasteiger partial charge in [0.2, 0.25) is 0 Å². The molecule has 2 unspecified atom stereocenters. The second-order valence-corrected chi connectivity index (χ2v) is 4.76. The molecule has 2 heteroatoms. The van der Waals surface area contributed by atoms with E-state index in [4.69, 9.17) is 0 Å². The van der Waals surface area contributed by atoms with Gasteiger partial charge < -0.3 is 5.11 Å². The lowest BCUT2D eigenvalue weighted by Crippen LogP contribution is -1.92. The Morgan fingerprint density at radius 1 is 1.43 bits per heavy atom. The van der Waals surface area contributed by atoms with Gasteiger partial charge in [-0.15, -0.1) is 18.3 Å². The van der Waals surface area contributed by atoms with E-state index in [-0.39, 0.29) is 0 Å². The summed E-state index contributed by atoms with van der Waals surface area (Å²) < 4.78 is 0. The summed E-state index contributed by atoms with van der Waals surface area (Å²) in [7, 11) is 0. The molecule has 1 aromatic carbocycles. The van der Waals surface area contributed by atoms with E-state index < -0.39 is 6.10 Å². The SMILES string of the molecule is C=CC(C)Sc1cccc(C(C)O)c1. The number of rotatable bonds is 4. The maximum atomic E-state index is 9.41. The highest BCUT2D eigenvalue weighted by molar-refractivity contribution is 8.00. The number of aliphatic hydroxyl groups excluding tert-OH is 1. The van der Waals surface area contributed by atoms with Crippen LogP contribution in [0.15, 0.2) is 41.8 Å². The number of hydrogen-bond donors (Lipinski definition) is 1. The van der Waals surface area contributed by atoms with E-state index >= 15 is 0 Å². The summed E-state index contributed by atoms with van der Waals surface area (Å²) >= 11 is 1.75. The molecule has 1 nitrogen and oxygen atoms in total. The van der Waals surface area contributed by atoms with Gasteiger partial charge in [0.05, 0.1) is 6.10 Å². The van der Waals surface area contributed by atoms with Gasteiger partial charge in [0.15, 0.2) is 0 Å². The molecular weight excluding hydrogens is 192 g/mol. The topological polar surface area (TPSA) is 20.2 Å². The maximum absolute atomic E-state index is 9.41. The third-order valence-electron chi connectivity index (χ3n) is 1.99. The van der Waals surface area contributed by atoms with Gasteiger partial charge >= 0.3 is 0 Å². The second kappa shape index (κ2) is 5.23. The zero-order valence-electron chi connectivity index (χ0n) is 8.60. The van der Waals surface area contributed by atoms with E-state index in [0.29, 0.717) is 5.25 Å². The Kier molecular flexibility index (Phi) is 4.23. The molecule has 0 saturated heterocycles. The third kappa shape index (κ3) is 3.20. The number of benzene rings is 1. The lowest BCUT2D eigenvalue weighted by atomic mass is 10.1. The lowest BCUT2D eigenvalue weighted by Gasteiger charge is -2.09. The first-order chi connectivity index (χ1) is 6.63. The Morgan fingerprint density at radius 3 is 2.71 bits per heavy atom. The van der Waals surface area contributed by atoms with E-state index in [2.05, 4.69) is 19.6 Å². The first-order valence-corrected chi connectivity index (χ1v) is 5.58. The van der Waals surface area contributed by atoms with Crippen molar-refractivity contribution in [3.8, 4) is 0 Å². The molecule has 0 aliphatic heterocycles. The second-order valence-electron chi connectivity index (χ2n) is 3.31. The first kappa shape index (κ1) is 11.3. The molecule has 0 heterocycles. The molecule has 2 atom stereocenters. The zero-order chi connectivity index (χ0) is 10.6. The van der Waals surface area contributed by atoms with Crippen molar-refractivity contribution in [3.05, 3.63) is 42.5 Å². The van der Waals surface area contributed by atoms with Gasteiger partial charge in [0.1, 0.15) is 0 Å².